The highest BCUT2D eigenvalue weighted by atomic mass is 32.1. The van der Waals surface area contributed by atoms with Gasteiger partial charge in [-0.05, 0) is 31.5 Å². The van der Waals surface area contributed by atoms with Gasteiger partial charge >= 0.3 is 5.69 Å². The zero-order chi connectivity index (χ0) is 16.6. The van der Waals surface area contributed by atoms with Crippen LogP contribution in [0.1, 0.15) is 10.4 Å². The smallest absolute Gasteiger partial charge is 0.312 e. The lowest BCUT2D eigenvalue weighted by molar-refractivity contribution is -0.385. The molecule has 1 N–H and O–H groups in total. The first-order valence-electron chi connectivity index (χ1n) is 6.81. The Hall–Kier alpha value is -2.74. The Balaban J connectivity index is 2.06. The quantitative estimate of drug-likeness (QED) is 0.575. The average molecular weight is 330 g/mol. The van der Waals surface area contributed by atoms with E-state index in [1.54, 1.807) is 23.5 Å². The number of aromatic nitrogens is 2. The van der Waals surface area contributed by atoms with Crippen LogP contribution in [0.4, 0.5) is 17.2 Å². The highest BCUT2D eigenvalue weighted by Gasteiger charge is 2.17. The van der Waals surface area contributed by atoms with Crippen LogP contribution in [0.3, 0.4) is 0 Å². The summed E-state index contributed by atoms with van der Waals surface area (Å²) in [5, 5.41) is 15.2. The Kier molecular flexibility index (Phi) is 3.83. The van der Waals surface area contributed by atoms with Gasteiger partial charge in [-0.2, -0.15) is 0 Å². The van der Waals surface area contributed by atoms with Gasteiger partial charge in [0.2, 0.25) is 0 Å². The van der Waals surface area contributed by atoms with Crippen LogP contribution in [-0.2, 0) is 0 Å². The summed E-state index contributed by atoms with van der Waals surface area (Å²) in [6.45, 7) is 4.04. The Morgan fingerprint density at radius 2 is 2.09 bits per heavy atom. The number of ether oxygens (including phenoxy) is 1. The van der Waals surface area contributed by atoms with E-state index in [-0.39, 0.29) is 11.4 Å². The molecule has 0 amide bonds. The number of rotatable bonds is 4. The zero-order valence-electron chi connectivity index (χ0n) is 12.8. The predicted octanol–water partition coefficient (Wildman–Crippen LogP) is 3.97. The van der Waals surface area contributed by atoms with E-state index in [1.807, 2.05) is 13.8 Å². The summed E-state index contributed by atoms with van der Waals surface area (Å²) in [5.74, 6) is 0.854. The molecule has 0 saturated carbocycles. The maximum atomic E-state index is 11.1. The second kappa shape index (κ2) is 5.81. The summed E-state index contributed by atoms with van der Waals surface area (Å²) in [6.07, 6.45) is 1.48. The van der Waals surface area contributed by atoms with Crippen molar-refractivity contribution in [3.05, 3.63) is 45.1 Å². The number of nitro groups is 1. The molecule has 3 aromatic rings. The lowest BCUT2D eigenvalue weighted by Crippen LogP contribution is -1.98. The van der Waals surface area contributed by atoms with Crippen molar-refractivity contribution >= 4 is 38.7 Å². The molecule has 0 spiro atoms. The molecule has 2 heterocycles. The van der Waals surface area contributed by atoms with Crippen LogP contribution in [0, 0.1) is 24.0 Å². The van der Waals surface area contributed by atoms with Crippen molar-refractivity contribution in [1.82, 2.24) is 9.97 Å². The van der Waals surface area contributed by atoms with Crippen molar-refractivity contribution in [2.75, 3.05) is 12.4 Å². The molecule has 8 heteroatoms. The number of nitrogens with zero attached hydrogens (tertiary/aromatic N) is 3. The molecule has 118 valence electrons. The monoisotopic (exact) mass is 330 g/mol. The van der Waals surface area contributed by atoms with Crippen molar-refractivity contribution in [2.45, 2.75) is 13.8 Å². The Bertz CT molecular complexity index is 907. The fourth-order valence-electron chi connectivity index (χ4n) is 2.32. The summed E-state index contributed by atoms with van der Waals surface area (Å²) in [4.78, 5) is 21.3. The second-order valence-corrected chi connectivity index (χ2v) is 6.16. The minimum Gasteiger partial charge on any atom is -0.490 e. The molecule has 0 saturated heterocycles. The normalized spacial score (nSPS) is 10.7. The van der Waals surface area contributed by atoms with Crippen LogP contribution in [0.15, 0.2) is 24.5 Å². The molecule has 3 rings (SSSR count). The largest absolute Gasteiger partial charge is 0.490 e. The number of nitro benzene ring substituents is 1. The van der Waals surface area contributed by atoms with Crippen LogP contribution < -0.4 is 10.1 Å². The standard InChI is InChI=1S/C15H14N4O3S/c1-8-9(2)23-15-13(8)14(16-7-17-15)18-10-4-5-12(22-3)11(6-10)19(20)21/h4-7H,1-3H3,(H,16,17,18). The number of methoxy groups -OCH3 is 1. The molecule has 7 nitrogen and oxygen atoms in total. The topological polar surface area (TPSA) is 90.2 Å². The Morgan fingerprint density at radius 1 is 1.30 bits per heavy atom. The third-order valence-electron chi connectivity index (χ3n) is 3.60. The molecular formula is C15H14N4O3S. The summed E-state index contributed by atoms with van der Waals surface area (Å²) in [5.41, 5.74) is 1.58. The maximum Gasteiger partial charge on any atom is 0.312 e. The first-order chi connectivity index (χ1) is 11.0. The number of hydrogen-bond donors (Lipinski definition) is 1. The Labute approximate surface area is 136 Å². The molecule has 0 bridgehead atoms. The SMILES string of the molecule is COc1ccc(Nc2ncnc3sc(C)c(C)c23)cc1[N+](=O)[O-]. The van der Waals surface area contributed by atoms with Crippen molar-refractivity contribution in [3.63, 3.8) is 0 Å². The van der Waals surface area contributed by atoms with E-state index < -0.39 is 4.92 Å². The molecule has 1 aromatic carbocycles. The van der Waals surface area contributed by atoms with Crippen LogP contribution >= 0.6 is 11.3 Å². The van der Waals surface area contributed by atoms with E-state index in [1.165, 1.54) is 24.4 Å². The average Bonchev–Trinajstić information content (AvgIpc) is 2.83. The van der Waals surface area contributed by atoms with Gasteiger partial charge in [-0.1, -0.05) is 0 Å². The molecule has 0 unspecified atom stereocenters. The van der Waals surface area contributed by atoms with Gasteiger partial charge < -0.3 is 10.1 Å². The van der Waals surface area contributed by atoms with Crippen LogP contribution in [-0.4, -0.2) is 22.0 Å². The summed E-state index contributed by atoms with van der Waals surface area (Å²) < 4.78 is 5.01. The van der Waals surface area contributed by atoms with Gasteiger partial charge in [0.15, 0.2) is 5.75 Å². The van der Waals surface area contributed by atoms with Gasteiger partial charge in [0, 0.05) is 16.6 Å². The molecule has 0 atom stereocenters. The molecule has 0 aliphatic rings. The first kappa shape index (κ1) is 15.2. The van der Waals surface area contributed by atoms with E-state index in [2.05, 4.69) is 15.3 Å². The molecule has 2 aromatic heterocycles. The number of hydrogen-bond acceptors (Lipinski definition) is 7. The van der Waals surface area contributed by atoms with Crippen molar-refractivity contribution in [1.29, 1.82) is 0 Å². The van der Waals surface area contributed by atoms with E-state index in [0.717, 1.165) is 15.8 Å². The molecule has 23 heavy (non-hydrogen) atoms. The van der Waals surface area contributed by atoms with E-state index in [0.29, 0.717) is 11.5 Å². The van der Waals surface area contributed by atoms with Gasteiger partial charge in [-0.25, -0.2) is 9.97 Å². The lowest BCUT2D eigenvalue weighted by Gasteiger charge is -2.08. The summed E-state index contributed by atoms with van der Waals surface area (Å²) in [7, 11) is 1.40. The highest BCUT2D eigenvalue weighted by molar-refractivity contribution is 7.18. The number of anilines is 2. The van der Waals surface area contributed by atoms with Gasteiger partial charge in [-0.3, -0.25) is 10.1 Å². The van der Waals surface area contributed by atoms with Crippen molar-refractivity contribution in [3.8, 4) is 5.75 Å². The van der Waals surface area contributed by atoms with Crippen LogP contribution in [0.25, 0.3) is 10.2 Å². The van der Waals surface area contributed by atoms with Gasteiger partial charge in [0.25, 0.3) is 0 Å². The minimum atomic E-state index is -0.473. The van der Waals surface area contributed by atoms with E-state index in [9.17, 15) is 10.1 Å². The fourth-order valence-corrected chi connectivity index (χ4v) is 3.32. The van der Waals surface area contributed by atoms with E-state index >= 15 is 0 Å². The summed E-state index contributed by atoms with van der Waals surface area (Å²) in [6, 6.07) is 4.71. The fraction of sp³-hybridized carbons (Fsp3) is 0.200. The zero-order valence-corrected chi connectivity index (χ0v) is 13.6. The molecule has 0 radical (unpaired) electrons. The highest BCUT2D eigenvalue weighted by Crippen LogP contribution is 2.35. The maximum absolute atomic E-state index is 11.1. The third-order valence-corrected chi connectivity index (χ3v) is 4.72. The summed E-state index contributed by atoms with van der Waals surface area (Å²) >= 11 is 1.60. The number of thiophene rings is 1. The third kappa shape index (κ3) is 2.68. The van der Waals surface area contributed by atoms with Crippen molar-refractivity contribution in [2.24, 2.45) is 0 Å². The number of fused-ring (bicyclic) bond motifs is 1. The number of nitrogens with one attached hydrogen (secondary N) is 1. The van der Waals surface area contributed by atoms with E-state index in [4.69, 9.17) is 4.74 Å². The second-order valence-electron chi connectivity index (χ2n) is 4.95. The van der Waals surface area contributed by atoms with Gasteiger partial charge in [0.05, 0.1) is 17.4 Å². The molecule has 0 fully saturated rings. The van der Waals surface area contributed by atoms with Crippen LogP contribution in [0.2, 0.25) is 0 Å². The van der Waals surface area contributed by atoms with Gasteiger partial charge in [-0.15, -0.1) is 11.3 Å². The molecule has 0 aliphatic heterocycles. The van der Waals surface area contributed by atoms with Crippen LogP contribution in [0.5, 0.6) is 5.75 Å². The number of benzene rings is 1. The lowest BCUT2D eigenvalue weighted by atomic mass is 10.2. The van der Waals surface area contributed by atoms with Gasteiger partial charge in [0.1, 0.15) is 17.0 Å². The molecular weight excluding hydrogens is 316 g/mol. The minimum absolute atomic E-state index is 0.0963. The number of aryl methyl sites for hydroxylation is 2. The predicted molar refractivity (Wildman–Crippen MR) is 89.8 cm³/mol. The molecule has 0 aliphatic carbocycles. The Morgan fingerprint density at radius 3 is 2.78 bits per heavy atom. The first-order valence-corrected chi connectivity index (χ1v) is 7.63. The van der Waals surface area contributed by atoms with Crippen molar-refractivity contribution < 1.29 is 9.66 Å².